The molecule has 0 saturated carbocycles. The highest BCUT2D eigenvalue weighted by Crippen LogP contribution is 2.17. The van der Waals surface area contributed by atoms with Crippen molar-refractivity contribution < 1.29 is 0 Å². The van der Waals surface area contributed by atoms with Gasteiger partial charge in [0, 0.05) is 32.4 Å². The third kappa shape index (κ3) is 5.60. The van der Waals surface area contributed by atoms with Crippen molar-refractivity contribution in [3.8, 4) is 0 Å². The Morgan fingerprint density at radius 2 is 2.05 bits per heavy atom. The summed E-state index contributed by atoms with van der Waals surface area (Å²) in [6, 6.07) is 2.75. The lowest BCUT2D eigenvalue weighted by Crippen LogP contribution is -2.23. The summed E-state index contributed by atoms with van der Waals surface area (Å²) in [4.78, 5) is 6.89. The Morgan fingerprint density at radius 1 is 1.32 bits per heavy atom. The van der Waals surface area contributed by atoms with Crippen molar-refractivity contribution in [1.82, 2.24) is 10.3 Å². The summed E-state index contributed by atoms with van der Waals surface area (Å²) in [6.07, 6.45) is 5.79. The summed E-state index contributed by atoms with van der Waals surface area (Å²) in [5.74, 6) is 1.12. The first-order valence-electron chi connectivity index (χ1n) is 7.44. The summed E-state index contributed by atoms with van der Waals surface area (Å²) in [7, 11) is 2.14. The molecular weight excluding hydrogens is 234 g/mol. The van der Waals surface area contributed by atoms with Crippen LogP contribution in [0.3, 0.4) is 0 Å². The van der Waals surface area contributed by atoms with Crippen LogP contribution in [-0.4, -0.2) is 24.6 Å². The Bertz CT molecular complexity index is 374. The molecule has 1 heterocycles. The van der Waals surface area contributed by atoms with Crippen LogP contribution in [0.15, 0.2) is 12.3 Å². The number of aromatic nitrogens is 1. The van der Waals surface area contributed by atoms with E-state index in [4.69, 9.17) is 0 Å². The van der Waals surface area contributed by atoms with Gasteiger partial charge in [-0.15, -0.1) is 0 Å². The van der Waals surface area contributed by atoms with Crippen molar-refractivity contribution in [1.29, 1.82) is 0 Å². The monoisotopic (exact) mass is 263 g/mol. The summed E-state index contributed by atoms with van der Waals surface area (Å²) < 4.78 is 0. The van der Waals surface area contributed by atoms with E-state index >= 15 is 0 Å². The number of unbranched alkanes of at least 4 members (excludes halogenated alkanes) is 2. The van der Waals surface area contributed by atoms with E-state index < -0.39 is 0 Å². The number of hydrogen-bond donors (Lipinski definition) is 1. The van der Waals surface area contributed by atoms with Gasteiger partial charge in [-0.25, -0.2) is 4.98 Å². The zero-order valence-electron chi connectivity index (χ0n) is 13.2. The van der Waals surface area contributed by atoms with Gasteiger partial charge in [0.15, 0.2) is 0 Å². The largest absolute Gasteiger partial charge is 0.359 e. The van der Waals surface area contributed by atoms with Crippen LogP contribution in [0.25, 0.3) is 0 Å². The zero-order chi connectivity index (χ0) is 14.3. The van der Waals surface area contributed by atoms with Gasteiger partial charge >= 0.3 is 0 Å². The molecule has 0 radical (unpaired) electrons. The molecule has 0 amide bonds. The SMILES string of the molecule is CCCCCN(C)c1ncc(CNC(C)C)cc1C. The maximum Gasteiger partial charge on any atom is 0.131 e. The van der Waals surface area contributed by atoms with Crippen LogP contribution in [0.1, 0.15) is 51.2 Å². The van der Waals surface area contributed by atoms with Crippen molar-refractivity contribution in [2.45, 2.75) is 59.5 Å². The molecule has 0 aliphatic heterocycles. The van der Waals surface area contributed by atoms with Crippen LogP contribution in [0, 0.1) is 6.92 Å². The highest BCUT2D eigenvalue weighted by molar-refractivity contribution is 5.46. The molecule has 1 N–H and O–H groups in total. The highest BCUT2D eigenvalue weighted by atomic mass is 15.2. The minimum atomic E-state index is 0.511. The fourth-order valence-corrected chi connectivity index (χ4v) is 2.15. The Balaban J connectivity index is 2.60. The van der Waals surface area contributed by atoms with Crippen molar-refractivity contribution in [2.75, 3.05) is 18.5 Å². The summed E-state index contributed by atoms with van der Waals surface area (Å²) in [5.41, 5.74) is 2.53. The Morgan fingerprint density at radius 3 is 2.63 bits per heavy atom. The quantitative estimate of drug-likeness (QED) is 0.727. The van der Waals surface area contributed by atoms with Crippen LogP contribution in [0.5, 0.6) is 0 Å². The average molecular weight is 263 g/mol. The van der Waals surface area contributed by atoms with Gasteiger partial charge in [-0.2, -0.15) is 0 Å². The van der Waals surface area contributed by atoms with E-state index in [1.165, 1.54) is 30.4 Å². The minimum absolute atomic E-state index is 0.511. The van der Waals surface area contributed by atoms with Gasteiger partial charge in [0.25, 0.3) is 0 Å². The van der Waals surface area contributed by atoms with Gasteiger partial charge in [0.2, 0.25) is 0 Å². The van der Waals surface area contributed by atoms with Crippen LogP contribution in [-0.2, 0) is 6.54 Å². The van der Waals surface area contributed by atoms with Crippen LogP contribution < -0.4 is 10.2 Å². The van der Waals surface area contributed by atoms with Gasteiger partial charge in [-0.05, 0) is 30.5 Å². The number of pyridine rings is 1. The minimum Gasteiger partial charge on any atom is -0.359 e. The topological polar surface area (TPSA) is 28.2 Å². The third-order valence-corrected chi connectivity index (χ3v) is 3.28. The van der Waals surface area contributed by atoms with E-state index in [9.17, 15) is 0 Å². The number of nitrogens with zero attached hydrogens (tertiary/aromatic N) is 2. The molecule has 1 rings (SSSR count). The third-order valence-electron chi connectivity index (χ3n) is 3.28. The van der Waals surface area contributed by atoms with Gasteiger partial charge in [0.05, 0.1) is 0 Å². The molecule has 0 fully saturated rings. The van der Waals surface area contributed by atoms with E-state index in [0.29, 0.717) is 6.04 Å². The molecule has 1 aromatic heterocycles. The maximum atomic E-state index is 4.62. The normalized spacial score (nSPS) is 11.1. The zero-order valence-corrected chi connectivity index (χ0v) is 13.2. The lowest BCUT2D eigenvalue weighted by molar-refractivity contribution is 0.587. The molecule has 0 bridgehead atoms. The van der Waals surface area contributed by atoms with E-state index in [0.717, 1.165) is 18.9 Å². The van der Waals surface area contributed by atoms with Crippen LogP contribution in [0.4, 0.5) is 5.82 Å². The highest BCUT2D eigenvalue weighted by Gasteiger charge is 2.07. The molecular formula is C16H29N3. The van der Waals surface area contributed by atoms with E-state index in [2.05, 4.69) is 56.0 Å². The molecule has 0 aliphatic rings. The predicted molar refractivity (Wildman–Crippen MR) is 83.7 cm³/mol. The number of hydrogen-bond acceptors (Lipinski definition) is 3. The lowest BCUT2D eigenvalue weighted by atomic mass is 10.2. The summed E-state index contributed by atoms with van der Waals surface area (Å²) in [5, 5.41) is 3.43. The van der Waals surface area contributed by atoms with Gasteiger partial charge in [-0.1, -0.05) is 33.6 Å². The molecule has 0 atom stereocenters. The first-order valence-corrected chi connectivity index (χ1v) is 7.44. The van der Waals surface area contributed by atoms with Crippen molar-refractivity contribution in [2.24, 2.45) is 0 Å². The molecule has 1 aromatic rings. The number of aryl methyl sites for hydroxylation is 1. The lowest BCUT2D eigenvalue weighted by Gasteiger charge is -2.20. The number of rotatable bonds is 8. The van der Waals surface area contributed by atoms with E-state index in [1.807, 2.05) is 6.20 Å². The molecule has 0 saturated heterocycles. The van der Waals surface area contributed by atoms with Gasteiger partial charge < -0.3 is 10.2 Å². The van der Waals surface area contributed by atoms with Crippen molar-refractivity contribution in [3.63, 3.8) is 0 Å². The van der Waals surface area contributed by atoms with E-state index in [-0.39, 0.29) is 0 Å². The predicted octanol–water partition coefficient (Wildman–Crippen LogP) is 3.51. The maximum absolute atomic E-state index is 4.62. The summed E-state index contributed by atoms with van der Waals surface area (Å²) >= 11 is 0. The Labute approximate surface area is 118 Å². The van der Waals surface area contributed by atoms with Gasteiger partial charge in [-0.3, -0.25) is 0 Å². The van der Waals surface area contributed by atoms with E-state index in [1.54, 1.807) is 0 Å². The molecule has 0 aromatic carbocycles. The number of nitrogens with one attached hydrogen (secondary N) is 1. The smallest absolute Gasteiger partial charge is 0.131 e. The fraction of sp³-hybridized carbons (Fsp3) is 0.688. The molecule has 3 nitrogen and oxygen atoms in total. The number of anilines is 1. The Hall–Kier alpha value is -1.09. The first-order chi connectivity index (χ1) is 9.04. The van der Waals surface area contributed by atoms with Crippen LogP contribution >= 0.6 is 0 Å². The van der Waals surface area contributed by atoms with Crippen LogP contribution in [0.2, 0.25) is 0 Å². The molecule has 0 unspecified atom stereocenters. The average Bonchev–Trinajstić information content (AvgIpc) is 2.36. The second kappa shape index (κ2) is 8.16. The second-order valence-electron chi connectivity index (χ2n) is 5.65. The Kier molecular flexibility index (Phi) is 6.85. The first kappa shape index (κ1) is 16.0. The molecule has 3 heteroatoms. The fourth-order valence-electron chi connectivity index (χ4n) is 2.15. The molecule has 108 valence electrons. The standard InChI is InChI=1S/C16H29N3/c1-6-7-8-9-19(5)16-14(4)10-15(12-18-16)11-17-13(2)3/h10,12-13,17H,6-9,11H2,1-5H3. The molecule has 0 aliphatic carbocycles. The second-order valence-corrected chi connectivity index (χ2v) is 5.65. The molecule has 19 heavy (non-hydrogen) atoms. The van der Waals surface area contributed by atoms with Crippen molar-refractivity contribution in [3.05, 3.63) is 23.4 Å². The van der Waals surface area contributed by atoms with Crippen molar-refractivity contribution >= 4 is 5.82 Å². The summed E-state index contributed by atoms with van der Waals surface area (Å²) in [6.45, 7) is 10.7. The van der Waals surface area contributed by atoms with Gasteiger partial charge in [0.1, 0.15) is 5.82 Å². The molecule has 0 spiro atoms.